The molecule has 0 amide bonds. The lowest BCUT2D eigenvalue weighted by Gasteiger charge is -2.47. The molecule has 1 fully saturated rings. The molecule has 0 bridgehead atoms. The molecule has 0 aromatic heterocycles. The smallest absolute Gasteiger partial charge is 0.315 e. The lowest BCUT2D eigenvalue weighted by molar-refractivity contribution is -0.165. The molecule has 2 rings (SSSR count). The Labute approximate surface area is 106 Å². The number of carbonyl (C=O) groups is 2. The van der Waals surface area contributed by atoms with Gasteiger partial charge in [0, 0.05) is 5.70 Å². The van der Waals surface area contributed by atoms with Gasteiger partial charge in [-0.05, 0) is 38.0 Å². The van der Waals surface area contributed by atoms with Crippen molar-refractivity contribution in [2.45, 2.75) is 33.1 Å². The molecule has 2 aliphatic carbocycles. The average Bonchev–Trinajstić information content (AvgIpc) is 3.10. The maximum Gasteiger partial charge on any atom is 0.315 e. The van der Waals surface area contributed by atoms with E-state index >= 15 is 0 Å². The molecular weight excluding hydrogens is 234 g/mol. The minimum absolute atomic E-state index is 0.0769. The molecule has 1 saturated carbocycles. The zero-order chi connectivity index (χ0) is 13.7. The summed E-state index contributed by atoms with van der Waals surface area (Å²) in [6.45, 7) is 3.24. The molecule has 3 atom stereocenters. The predicted molar refractivity (Wildman–Crippen MR) is 64.6 cm³/mol. The molecule has 18 heavy (non-hydrogen) atoms. The van der Waals surface area contributed by atoms with Gasteiger partial charge in [-0.2, -0.15) is 0 Å². The van der Waals surface area contributed by atoms with Gasteiger partial charge in [-0.15, -0.1) is 0 Å². The van der Waals surface area contributed by atoms with Crippen molar-refractivity contribution >= 4 is 11.9 Å². The summed E-state index contributed by atoms with van der Waals surface area (Å²) in [5.74, 6) is -2.38. The van der Waals surface area contributed by atoms with E-state index in [4.69, 9.17) is 5.73 Å². The summed E-state index contributed by atoms with van der Waals surface area (Å²) in [4.78, 5) is 23.3. The molecule has 0 aromatic carbocycles. The largest absolute Gasteiger partial charge is 0.481 e. The second-order valence-corrected chi connectivity index (χ2v) is 5.71. The van der Waals surface area contributed by atoms with E-state index in [0.717, 1.165) is 12.8 Å². The van der Waals surface area contributed by atoms with E-state index < -0.39 is 28.7 Å². The Balaban J connectivity index is 2.54. The fourth-order valence-corrected chi connectivity index (χ4v) is 3.31. The molecular formula is C13H19NO4. The molecule has 4 N–H and O–H groups in total. The van der Waals surface area contributed by atoms with Crippen LogP contribution in [-0.2, 0) is 9.59 Å². The minimum Gasteiger partial charge on any atom is -0.481 e. The van der Waals surface area contributed by atoms with Gasteiger partial charge >= 0.3 is 11.9 Å². The molecule has 0 spiro atoms. The zero-order valence-electron chi connectivity index (χ0n) is 10.6. The van der Waals surface area contributed by atoms with Crippen LogP contribution in [0.4, 0.5) is 0 Å². The first kappa shape index (κ1) is 12.9. The topological polar surface area (TPSA) is 101 Å². The molecule has 3 unspecified atom stereocenters. The molecule has 5 nitrogen and oxygen atoms in total. The van der Waals surface area contributed by atoms with Gasteiger partial charge in [0.2, 0.25) is 0 Å². The summed E-state index contributed by atoms with van der Waals surface area (Å²) in [5.41, 5.74) is 3.84. The van der Waals surface area contributed by atoms with Crippen molar-refractivity contribution in [3.05, 3.63) is 11.8 Å². The summed E-state index contributed by atoms with van der Waals surface area (Å²) >= 11 is 0. The second kappa shape index (κ2) is 3.73. The third-order valence-corrected chi connectivity index (χ3v) is 5.05. The standard InChI is InChI=1S/C13H19NO4/c1-7-12(2,10(15)16)9(14)5-6-13(7,11(17)18)8-3-4-8/h5,7-8H,3-4,6,14H2,1-2H3,(H,15,16)(H,17,18). The van der Waals surface area contributed by atoms with Gasteiger partial charge in [0.1, 0.15) is 5.41 Å². The van der Waals surface area contributed by atoms with Crippen LogP contribution in [0.5, 0.6) is 0 Å². The fourth-order valence-electron chi connectivity index (χ4n) is 3.31. The number of carboxylic acid groups (broad SMARTS) is 2. The Morgan fingerprint density at radius 1 is 1.33 bits per heavy atom. The number of hydrogen-bond donors (Lipinski definition) is 3. The van der Waals surface area contributed by atoms with Gasteiger partial charge in [-0.25, -0.2) is 0 Å². The zero-order valence-corrected chi connectivity index (χ0v) is 10.6. The molecule has 2 aliphatic rings. The van der Waals surface area contributed by atoms with Crippen molar-refractivity contribution in [2.24, 2.45) is 28.4 Å². The summed E-state index contributed by atoms with van der Waals surface area (Å²) in [6, 6.07) is 0. The van der Waals surface area contributed by atoms with Gasteiger partial charge in [-0.3, -0.25) is 9.59 Å². The number of hydrogen-bond acceptors (Lipinski definition) is 3. The van der Waals surface area contributed by atoms with Crippen molar-refractivity contribution in [3.8, 4) is 0 Å². The van der Waals surface area contributed by atoms with Crippen molar-refractivity contribution in [1.29, 1.82) is 0 Å². The maximum absolute atomic E-state index is 11.7. The lowest BCUT2D eigenvalue weighted by atomic mass is 9.55. The average molecular weight is 253 g/mol. The molecule has 0 saturated heterocycles. The Morgan fingerprint density at radius 2 is 1.89 bits per heavy atom. The number of carboxylic acids is 2. The van der Waals surface area contributed by atoms with Crippen molar-refractivity contribution in [1.82, 2.24) is 0 Å². The third kappa shape index (κ3) is 1.39. The van der Waals surface area contributed by atoms with Gasteiger partial charge < -0.3 is 15.9 Å². The highest BCUT2D eigenvalue weighted by molar-refractivity contribution is 5.83. The maximum atomic E-state index is 11.7. The first-order valence-corrected chi connectivity index (χ1v) is 6.20. The Kier molecular flexibility index (Phi) is 2.68. The molecule has 5 heteroatoms. The summed E-state index contributed by atoms with van der Waals surface area (Å²) < 4.78 is 0. The summed E-state index contributed by atoms with van der Waals surface area (Å²) in [5, 5.41) is 19.0. The van der Waals surface area contributed by atoms with Crippen LogP contribution in [0.2, 0.25) is 0 Å². The Hall–Kier alpha value is -1.52. The number of nitrogens with two attached hydrogens (primary N) is 1. The molecule has 0 aromatic rings. The van der Waals surface area contributed by atoms with Gasteiger partial charge in [0.25, 0.3) is 0 Å². The van der Waals surface area contributed by atoms with Crippen LogP contribution in [0.3, 0.4) is 0 Å². The van der Waals surface area contributed by atoms with Crippen LogP contribution >= 0.6 is 0 Å². The van der Waals surface area contributed by atoms with Gasteiger partial charge in [0.15, 0.2) is 0 Å². The summed E-state index contributed by atoms with van der Waals surface area (Å²) in [6.07, 6.45) is 3.66. The SMILES string of the molecule is CC1C(C)(C(=O)O)C(N)=CCC1(C(=O)O)C1CC1. The third-order valence-electron chi connectivity index (χ3n) is 5.05. The van der Waals surface area contributed by atoms with E-state index in [0.29, 0.717) is 6.42 Å². The van der Waals surface area contributed by atoms with Crippen LogP contribution in [0.15, 0.2) is 11.8 Å². The molecule has 0 radical (unpaired) electrons. The highest BCUT2D eigenvalue weighted by Crippen LogP contribution is 2.60. The predicted octanol–water partition coefficient (Wildman–Crippen LogP) is 1.44. The van der Waals surface area contributed by atoms with Crippen molar-refractivity contribution in [2.75, 3.05) is 0 Å². The Bertz CT molecular complexity index is 440. The van der Waals surface area contributed by atoms with Crippen molar-refractivity contribution < 1.29 is 19.8 Å². The van der Waals surface area contributed by atoms with Crippen molar-refractivity contribution in [3.63, 3.8) is 0 Å². The number of allylic oxidation sites excluding steroid dienone is 1. The van der Waals surface area contributed by atoms with E-state index in [1.54, 1.807) is 13.0 Å². The van der Waals surface area contributed by atoms with E-state index in [1.165, 1.54) is 6.92 Å². The normalized spacial score (nSPS) is 40.1. The van der Waals surface area contributed by atoms with Crippen LogP contribution in [0.1, 0.15) is 33.1 Å². The minimum atomic E-state index is -1.29. The lowest BCUT2D eigenvalue weighted by Crippen LogP contribution is -2.54. The number of aliphatic carboxylic acids is 2. The highest BCUT2D eigenvalue weighted by atomic mass is 16.4. The van der Waals surface area contributed by atoms with E-state index in [-0.39, 0.29) is 11.6 Å². The summed E-state index contributed by atoms with van der Waals surface area (Å²) in [7, 11) is 0. The van der Waals surface area contributed by atoms with Crippen LogP contribution in [0.25, 0.3) is 0 Å². The van der Waals surface area contributed by atoms with Crippen LogP contribution < -0.4 is 5.73 Å². The first-order valence-electron chi connectivity index (χ1n) is 6.20. The fraction of sp³-hybridized carbons (Fsp3) is 0.692. The van der Waals surface area contributed by atoms with Gasteiger partial charge in [-0.1, -0.05) is 13.0 Å². The quantitative estimate of drug-likeness (QED) is 0.706. The molecule has 100 valence electrons. The molecule has 0 aliphatic heterocycles. The van der Waals surface area contributed by atoms with E-state index in [9.17, 15) is 19.8 Å². The van der Waals surface area contributed by atoms with E-state index in [2.05, 4.69) is 0 Å². The van der Waals surface area contributed by atoms with E-state index in [1.807, 2.05) is 0 Å². The highest BCUT2D eigenvalue weighted by Gasteiger charge is 2.62. The second-order valence-electron chi connectivity index (χ2n) is 5.71. The van der Waals surface area contributed by atoms with Crippen LogP contribution in [-0.4, -0.2) is 22.2 Å². The Morgan fingerprint density at radius 3 is 2.28 bits per heavy atom. The first-order chi connectivity index (χ1) is 8.27. The number of rotatable bonds is 3. The monoisotopic (exact) mass is 253 g/mol. The van der Waals surface area contributed by atoms with Crippen LogP contribution in [0, 0.1) is 22.7 Å². The molecule has 0 heterocycles. The van der Waals surface area contributed by atoms with Gasteiger partial charge in [0.05, 0.1) is 5.41 Å².